The molecule has 1 atom stereocenters. The van der Waals surface area contributed by atoms with Crippen LogP contribution in [0.5, 0.6) is 5.75 Å². The number of H-pyrrole nitrogens is 1. The zero-order chi connectivity index (χ0) is 28.1. The molecule has 5 rings (SSSR count). The number of alkyl halides is 3. The number of rotatable bonds is 7. The number of aryl methyl sites for hydroxylation is 1. The summed E-state index contributed by atoms with van der Waals surface area (Å²) in [5.74, 6) is 0.348. The molecular formula is C28H32F3N5O3. The van der Waals surface area contributed by atoms with Gasteiger partial charge in [0, 0.05) is 36.2 Å². The van der Waals surface area contributed by atoms with Crippen LogP contribution in [-0.4, -0.2) is 57.4 Å². The molecular weight excluding hydrogens is 511 g/mol. The third-order valence-corrected chi connectivity index (χ3v) is 7.64. The van der Waals surface area contributed by atoms with Crippen molar-refractivity contribution in [3.05, 3.63) is 41.3 Å². The minimum absolute atomic E-state index is 0.0290. The van der Waals surface area contributed by atoms with Gasteiger partial charge in [0.25, 0.3) is 5.91 Å². The van der Waals surface area contributed by atoms with Crippen LogP contribution in [0.4, 0.5) is 13.2 Å². The molecule has 11 heteroatoms. The molecule has 1 aliphatic carbocycles. The first-order chi connectivity index (χ1) is 18.4. The number of halogens is 3. The first-order valence-electron chi connectivity index (χ1n) is 13.2. The average Bonchev–Trinajstić information content (AvgIpc) is 3.57. The van der Waals surface area contributed by atoms with E-state index in [2.05, 4.69) is 20.3 Å². The summed E-state index contributed by atoms with van der Waals surface area (Å²) in [4.78, 5) is 39.4. The van der Waals surface area contributed by atoms with Crippen molar-refractivity contribution in [2.24, 2.45) is 11.3 Å². The second kappa shape index (κ2) is 9.84. The number of ether oxygens (including phenoxy) is 1. The molecule has 1 saturated heterocycles. The lowest BCUT2D eigenvalue weighted by Crippen LogP contribution is -2.44. The molecule has 2 amide bonds. The first kappa shape index (κ1) is 27.0. The van der Waals surface area contributed by atoms with Gasteiger partial charge in [0.2, 0.25) is 5.91 Å². The Morgan fingerprint density at radius 2 is 1.97 bits per heavy atom. The van der Waals surface area contributed by atoms with E-state index in [9.17, 15) is 22.8 Å². The molecule has 2 fully saturated rings. The molecule has 3 aromatic rings. The van der Waals surface area contributed by atoms with Gasteiger partial charge >= 0.3 is 6.18 Å². The molecule has 3 heterocycles. The normalized spacial score (nSPS) is 18.9. The van der Waals surface area contributed by atoms with E-state index >= 15 is 0 Å². The predicted molar refractivity (Wildman–Crippen MR) is 139 cm³/mol. The van der Waals surface area contributed by atoms with Crippen molar-refractivity contribution in [3.63, 3.8) is 0 Å². The number of aromatic amines is 1. The highest BCUT2D eigenvalue weighted by molar-refractivity contribution is 6.09. The molecule has 2 aliphatic rings. The highest BCUT2D eigenvalue weighted by Crippen LogP contribution is 2.40. The quantitative estimate of drug-likeness (QED) is 0.431. The molecule has 0 bridgehead atoms. The molecule has 2 N–H and O–H groups in total. The maximum atomic E-state index is 13.6. The summed E-state index contributed by atoms with van der Waals surface area (Å²) in [6.45, 7) is 8.87. The Balaban J connectivity index is 1.51. The molecule has 8 nitrogen and oxygen atoms in total. The van der Waals surface area contributed by atoms with Gasteiger partial charge in [-0.1, -0.05) is 20.8 Å². The topological polar surface area (TPSA) is 100 Å². The summed E-state index contributed by atoms with van der Waals surface area (Å²) in [5, 5.41) is 3.07. The van der Waals surface area contributed by atoms with Crippen LogP contribution in [0, 0.1) is 18.3 Å². The van der Waals surface area contributed by atoms with Crippen molar-refractivity contribution in [3.8, 4) is 17.0 Å². The number of nitrogens with zero attached hydrogens (tertiary/aromatic N) is 3. The number of hydrogen-bond acceptors (Lipinski definition) is 5. The van der Waals surface area contributed by atoms with Crippen LogP contribution >= 0.6 is 0 Å². The minimum atomic E-state index is -4.55. The zero-order valence-corrected chi connectivity index (χ0v) is 22.4. The van der Waals surface area contributed by atoms with Crippen LogP contribution in [0.15, 0.2) is 24.5 Å². The third-order valence-electron chi connectivity index (χ3n) is 7.64. The van der Waals surface area contributed by atoms with Gasteiger partial charge in [0.1, 0.15) is 23.3 Å². The fourth-order valence-electron chi connectivity index (χ4n) is 5.13. The van der Waals surface area contributed by atoms with Crippen LogP contribution in [0.1, 0.15) is 61.6 Å². The summed E-state index contributed by atoms with van der Waals surface area (Å²) in [5.41, 5.74) is 0.690. The van der Waals surface area contributed by atoms with Gasteiger partial charge in [-0.2, -0.15) is 13.2 Å². The van der Waals surface area contributed by atoms with Crippen molar-refractivity contribution in [1.82, 2.24) is 25.2 Å². The number of nitrogens with one attached hydrogen (secondary N) is 2. The molecule has 1 aliphatic heterocycles. The zero-order valence-electron chi connectivity index (χ0n) is 22.4. The van der Waals surface area contributed by atoms with E-state index in [0.29, 0.717) is 54.5 Å². The number of amides is 2. The molecule has 1 aromatic carbocycles. The second-order valence-corrected chi connectivity index (χ2v) is 11.2. The maximum absolute atomic E-state index is 13.6. The van der Waals surface area contributed by atoms with Crippen LogP contribution in [0.3, 0.4) is 0 Å². The van der Waals surface area contributed by atoms with Crippen LogP contribution in [-0.2, 0) is 11.0 Å². The van der Waals surface area contributed by atoms with Crippen molar-refractivity contribution >= 4 is 22.8 Å². The van der Waals surface area contributed by atoms with E-state index in [0.717, 1.165) is 25.0 Å². The Hall–Kier alpha value is -3.63. The number of hydrogen-bond donors (Lipinski definition) is 2. The number of likely N-dealkylation sites (tertiary alicyclic amines) is 1. The van der Waals surface area contributed by atoms with Crippen molar-refractivity contribution < 1.29 is 27.5 Å². The van der Waals surface area contributed by atoms with Gasteiger partial charge < -0.3 is 19.9 Å². The van der Waals surface area contributed by atoms with Crippen LogP contribution in [0.2, 0.25) is 0 Å². The Kier molecular flexibility index (Phi) is 6.80. The molecule has 1 saturated carbocycles. The number of fused-ring (bicyclic) bond motifs is 1. The van der Waals surface area contributed by atoms with E-state index < -0.39 is 11.7 Å². The fraction of sp³-hybridized carbons (Fsp3) is 0.500. The highest BCUT2D eigenvalue weighted by Gasteiger charge is 2.42. The van der Waals surface area contributed by atoms with E-state index in [-0.39, 0.29) is 40.1 Å². The van der Waals surface area contributed by atoms with Gasteiger partial charge in [-0.15, -0.1) is 0 Å². The maximum Gasteiger partial charge on any atom is 0.416 e. The third kappa shape index (κ3) is 5.31. The van der Waals surface area contributed by atoms with E-state index in [1.54, 1.807) is 18.7 Å². The standard InChI is InChI=1S/C28H32F3N5O3/c1-5-21(37)36-11-20(27(3,4)13-36)35-26(38)22-15(2)34-25-23(32-14-33-24(22)25)18-10-17(28(29,30)31)8-9-19(18)39-12-16-6-7-16/h8-10,14,16,20,34H,5-7,11-13H2,1-4H3,(H,35,38)/t20-/m1/s1. The molecule has 208 valence electrons. The molecule has 39 heavy (non-hydrogen) atoms. The van der Waals surface area contributed by atoms with Gasteiger partial charge in [-0.25, -0.2) is 9.97 Å². The molecule has 0 radical (unpaired) electrons. The lowest BCUT2D eigenvalue weighted by atomic mass is 9.87. The molecule has 0 spiro atoms. The number of benzene rings is 1. The first-order valence-corrected chi connectivity index (χ1v) is 13.2. The summed E-state index contributed by atoms with van der Waals surface area (Å²) in [7, 11) is 0. The van der Waals surface area contributed by atoms with Gasteiger partial charge in [-0.3, -0.25) is 9.59 Å². The van der Waals surface area contributed by atoms with Crippen molar-refractivity contribution in [2.75, 3.05) is 19.7 Å². The second-order valence-electron chi connectivity index (χ2n) is 11.2. The Morgan fingerprint density at radius 1 is 1.23 bits per heavy atom. The van der Waals surface area contributed by atoms with Gasteiger partial charge in [-0.05, 0) is 43.9 Å². The predicted octanol–water partition coefficient (Wildman–Crippen LogP) is 5.12. The Labute approximate surface area is 224 Å². The minimum Gasteiger partial charge on any atom is -0.493 e. The lowest BCUT2D eigenvalue weighted by Gasteiger charge is -2.26. The average molecular weight is 544 g/mol. The van der Waals surface area contributed by atoms with Crippen LogP contribution < -0.4 is 10.1 Å². The Morgan fingerprint density at radius 3 is 2.64 bits per heavy atom. The fourth-order valence-corrected chi connectivity index (χ4v) is 5.13. The summed E-state index contributed by atoms with van der Waals surface area (Å²) in [6, 6.07) is 3.07. The largest absolute Gasteiger partial charge is 0.493 e. The summed E-state index contributed by atoms with van der Waals surface area (Å²) >= 11 is 0. The van der Waals surface area contributed by atoms with Gasteiger partial charge in [0.15, 0.2) is 0 Å². The van der Waals surface area contributed by atoms with E-state index in [1.165, 1.54) is 12.4 Å². The number of carbonyl (C=O) groups is 2. The number of aromatic nitrogens is 3. The summed E-state index contributed by atoms with van der Waals surface area (Å²) < 4.78 is 46.8. The number of carbonyl (C=O) groups excluding carboxylic acids is 2. The summed E-state index contributed by atoms with van der Waals surface area (Å²) in [6.07, 6.45) is -0.851. The smallest absolute Gasteiger partial charge is 0.416 e. The Bertz CT molecular complexity index is 1430. The monoisotopic (exact) mass is 543 g/mol. The van der Waals surface area contributed by atoms with Crippen molar-refractivity contribution in [1.29, 1.82) is 0 Å². The highest BCUT2D eigenvalue weighted by atomic mass is 19.4. The van der Waals surface area contributed by atoms with Crippen molar-refractivity contribution in [2.45, 2.75) is 59.2 Å². The molecule has 2 aromatic heterocycles. The van der Waals surface area contributed by atoms with Gasteiger partial charge in [0.05, 0.1) is 29.3 Å². The lowest BCUT2D eigenvalue weighted by molar-refractivity contribution is -0.137. The molecule has 0 unspecified atom stereocenters. The van der Waals surface area contributed by atoms with Crippen LogP contribution in [0.25, 0.3) is 22.3 Å². The SMILES string of the molecule is CCC(=O)N1C[C@@H](NC(=O)c2c(C)[nH]c3c(-c4cc(C(F)(F)F)ccc4OCC4CC4)ncnc23)C(C)(C)C1. The van der Waals surface area contributed by atoms with E-state index in [1.807, 2.05) is 13.8 Å². The van der Waals surface area contributed by atoms with E-state index in [4.69, 9.17) is 4.74 Å².